The number of carbonyl (C=O) groups excluding carboxylic acids is 1. The fourth-order valence-electron chi connectivity index (χ4n) is 3.19. The molecule has 2 atom stereocenters. The minimum atomic E-state index is -0.0163. The molecule has 0 N–H and O–H groups in total. The molecule has 1 aromatic carbocycles. The summed E-state index contributed by atoms with van der Waals surface area (Å²) in [5, 5.41) is 0.707. The van der Waals surface area contributed by atoms with Crippen molar-refractivity contribution in [1.82, 2.24) is 9.88 Å². The van der Waals surface area contributed by atoms with E-state index in [1.165, 1.54) is 0 Å². The van der Waals surface area contributed by atoms with E-state index in [0.717, 1.165) is 24.1 Å². The predicted molar refractivity (Wildman–Crippen MR) is 92.1 cm³/mol. The molecule has 1 aromatic heterocycles. The highest BCUT2D eigenvalue weighted by Crippen LogP contribution is 2.46. The Bertz CT molecular complexity index is 668. The van der Waals surface area contributed by atoms with Crippen molar-refractivity contribution in [2.75, 3.05) is 0 Å². The summed E-state index contributed by atoms with van der Waals surface area (Å²) in [6, 6.07) is 13.7. The van der Waals surface area contributed by atoms with Crippen LogP contribution in [-0.4, -0.2) is 15.8 Å². The van der Waals surface area contributed by atoms with Crippen LogP contribution < -0.4 is 0 Å². The van der Waals surface area contributed by atoms with Crippen molar-refractivity contribution < 1.29 is 4.79 Å². The number of benzene rings is 1. The zero-order valence-electron chi connectivity index (χ0n) is 13.4. The first-order valence-corrected chi connectivity index (χ1v) is 8.41. The highest BCUT2D eigenvalue weighted by Gasteiger charge is 2.40. The van der Waals surface area contributed by atoms with Gasteiger partial charge in [-0.25, -0.2) is 0 Å². The van der Waals surface area contributed by atoms with Crippen LogP contribution in [0.2, 0.25) is 5.02 Å². The largest absolute Gasteiger partial charge is 0.327 e. The van der Waals surface area contributed by atoms with E-state index in [4.69, 9.17) is 11.6 Å². The Kier molecular flexibility index (Phi) is 4.67. The summed E-state index contributed by atoms with van der Waals surface area (Å²) >= 11 is 5.99. The molecule has 1 aliphatic carbocycles. The summed E-state index contributed by atoms with van der Waals surface area (Å²) in [6.07, 6.45) is 4.10. The van der Waals surface area contributed by atoms with Crippen LogP contribution in [0.25, 0.3) is 0 Å². The van der Waals surface area contributed by atoms with Crippen molar-refractivity contribution in [3.05, 3.63) is 64.9 Å². The highest BCUT2D eigenvalue weighted by molar-refractivity contribution is 6.30. The topological polar surface area (TPSA) is 33.2 Å². The third-order valence-electron chi connectivity index (χ3n) is 4.49. The van der Waals surface area contributed by atoms with E-state index in [-0.39, 0.29) is 18.0 Å². The second-order valence-corrected chi connectivity index (χ2v) is 6.63. The molecule has 0 spiro atoms. The third-order valence-corrected chi connectivity index (χ3v) is 4.74. The molecular weight excluding hydrogens is 308 g/mol. The molecule has 23 heavy (non-hydrogen) atoms. The third kappa shape index (κ3) is 3.56. The number of halogens is 1. The molecule has 3 nitrogen and oxygen atoms in total. The lowest BCUT2D eigenvalue weighted by Gasteiger charge is -2.36. The second-order valence-electron chi connectivity index (χ2n) is 6.19. The number of rotatable bonds is 5. The zero-order chi connectivity index (χ0) is 16.4. The first kappa shape index (κ1) is 16.0. The predicted octanol–water partition coefficient (Wildman–Crippen LogP) is 4.80. The minimum absolute atomic E-state index is 0.0163. The van der Waals surface area contributed by atoms with E-state index in [9.17, 15) is 4.79 Å². The maximum absolute atomic E-state index is 12.4. The van der Waals surface area contributed by atoms with Gasteiger partial charge in [0.05, 0.1) is 17.8 Å². The first-order chi connectivity index (χ1) is 11.1. The molecule has 4 heteroatoms. The molecule has 0 saturated heterocycles. The van der Waals surface area contributed by atoms with Gasteiger partial charge in [-0.1, -0.05) is 29.8 Å². The van der Waals surface area contributed by atoms with Gasteiger partial charge >= 0.3 is 0 Å². The van der Waals surface area contributed by atoms with Gasteiger partial charge < -0.3 is 4.90 Å². The van der Waals surface area contributed by atoms with Crippen LogP contribution in [0.5, 0.6) is 0 Å². The fourth-order valence-corrected chi connectivity index (χ4v) is 3.31. The van der Waals surface area contributed by atoms with Gasteiger partial charge in [-0.2, -0.15) is 0 Å². The van der Waals surface area contributed by atoms with Crippen molar-refractivity contribution >= 4 is 17.5 Å². The van der Waals surface area contributed by atoms with Crippen molar-refractivity contribution in [3.8, 4) is 0 Å². The fraction of sp³-hybridized carbons (Fsp3) is 0.368. The Labute approximate surface area is 142 Å². The maximum Gasteiger partial charge on any atom is 0.220 e. The maximum atomic E-state index is 12.4. The van der Waals surface area contributed by atoms with Crippen LogP contribution >= 0.6 is 11.6 Å². The molecule has 1 saturated carbocycles. The molecule has 1 amide bonds. The SMILES string of the molecule is CC(=O)N(C(C)c1ccc(Cl)cc1)C(c1ccccn1)C1CC1. The molecule has 1 heterocycles. The van der Waals surface area contributed by atoms with Crippen LogP contribution in [0.4, 0.5) is 0 Å². The lowest BCUT2D eigenvalue weighted by Crippen LogP contribution is -2.37. The van der Waals surface area contributed by atoms with Gasteiger partial charge in [0.1, 0.15) is 0 Å². The molecule has 2 unspecified atom stereocenters. The van der Waals surface area contributed by atoms with Crippen LogP contribution in [-0.2, 0) is 4.79 Å². The molecule has 2 aromatic rings. The van der Waals surface area contributed by atoms with Crippen LogP contribution in [0.15, 0.2) is 48.7 Å². The number of carbonyl (C=O) groups is 1. The number of pyridine rings is 1. The number of hydrogen-bond acceptors (Lipinski definition) is 2. The highest BCUT2D eigenvalue weighted by atomic mass is 35.5. The number of aromatic nitrogens is 1. The minimum Gasteiger partial charge on any atom is -0.327 e. The Morgan fingerprint density at radius 1 is 1.22 bits per heavy atom. The van der Waals surface area contributed by atoms with Crippen LogP contribution in [0.3, 0.4) is 0 Å². The lowest BCUT2D eigenvalue weighted by molar-refractivity contribution is -0.134. The Balaban J connectivity index is 1.96. The molecular formula is C19H21ClN2O. The normalized spacial score (nSPS) is 16.7. The molecule has 0 radical (unpaired) electrons. The number of hydrogen-bond donors (Lipinski definition) is 0. The van der Waals surface area contributed by atoms with Gasteiger partial charge in [0.15, 0.2) is 0 Å². The summed E-state index contributed by atoms with van der Waals surface area (Å²) in [5.74, 6) is 0.582. The van der Waals surface area contributed by atoms with E-state index in [1.54, 1.807) is 13.1 Å². The first-order valence-electron chi connectivity index (χ1n) is 8.03. The number of nitrogens with zero attached hydrogens (tertiary/aromatic N) is 2. The number of amides is 1. The van der Waals surface area contributed by atoms with E-state index < -0.39 is 0 Å². The second kappa shape index (κ2) is 6.71. The van der Waals surface area contributed by atoms with Gasteiger partial charge in [0.25, 0.3) is 0 Å². The van der Waals surface area contributed by atoms with E-state index >= 15 is 0 Å². The summed E-state index contributed by atoms with van der Waals surface area (Å²) in [6.45, 7) is 3.72. The van der Waals surface area contributed by atoms with Gasteiger partial charge in [-0.3, -0.25) is 9.78 Å². The van der Waals surface area contributed by atoms with Gasteiger partial charge in [0.2, 0.25) is 5.91 Å². The molecule has 3 rings (SSSR count). The molecule has 1 fully saturated rings. The average Bonchev–Trinajstić information content (AvgIpc) is 3.37. The summed E-state index contributed by atoms with van der Waals surface area (Å²) in [7, 11) is 0. The van der Waals surface area contributed by atoms with E-state index in [2.05, 4.69) is 11.9 Å². The monoisotopic (exact) mass is 328 g/mol. The van der Waals surface area contributed by atoms with Crippen LogP contribution in [0, 0.1) is 5.92 Å². The quantitative estimate of drug-likeness (QED) is 0.790. The molecule has 0 bridgehead atoms. The summed E-state index contributed by atoms with van der Waals surface area (Å²) < 4.78 is 0. The Morgan fingerprint density at radius 2 is 1.91 bits per heavy atom. The molecule has 120 valence electrons. The van der Waals surface area contributed by atoms with Gasteiger partial charge in [-0.05, 0) is 55.5 Å². The van der Waals surface area contributed by atoms with Gasteiger partial charge in [-0.15, -0.1) is 0 Å². The standard InChI is InChI=1S/C19H21ClN2O/c1-13(15-8-10-17(20)11-9-15)22(14(2)23)19(16-6-7-16)18-5-3-4-12-21-18/h3-5,8-13,16,19H,6-7H2,1-2H3. The van der Waals surface area contributed by atoms with Crippen LogP contribution in [0.1, 0.15) is 50.0 Å². The lowest BCUT2D eigenvalue weighted by atomic mass is 9.99. The van der Waals surface area contributed by atoms with E-state index in [0.29, 0.717) is 10.9 Å². The summed E-state index contributed by atoms with van der Waals surface area (Å²) in [4.78, 5) is 18.9. The average molecular weight is 329 g/mol. The van der Waals surface area contributed by atoms with Crippen molar-refractivity contribution in [3.63, 3.8) is 0 Å². The van der Waals surface area contributed by atoms with Crippen molar-refractivity contribution in [2.45, 2.75) is 38.8 Å². The smallest absolute Gasteiger partial charge is 0.220 e. The van der Waals surface area contributed by atoms with Gasteiger partial charge in [0, 0.05) is 18.1 Å². The van der Waals surface area contributed by atoms with E-state index in [1.807, 2.05) is 47.4 Å². The molecule has 0 aliphatic heterocycles. The molecule has 1 aliphatic rings. The summed E-state index contributed by atoms with van der Waals surface area (Å²) in [5.41, 5.74) is 2.07. The Hall–Kier alpha value is -1.87. The zero-order valence-corrected chi connectivity index (χ0v) is 14.2. The Morgan fingerprint density at radius 3 is 2.43 bits per heavy atom. The van der Waals surface area contributed by atoms with Crippen molar-refractivity contribution in [1.29, 1.82) is 0 Å². The van der Waals surface area contributed by atoms with Crippen molar-refractivity contribution in [2.24, 2.45) is 5.92 Å².